The molecule has 0 saturated carbocycles. The van der Waals surface area contributed by atoms with Crippen LogP contribution in [0.2, 0.25) is 0 Å². The van der Waals surface area contributed by atoms with Crippen LogP contribution < -0.4 is 14.2 Å². The minimum Gasteiger partial charge on any atom is -0.476 e. The van der Waals surface area contributed by atoms with Crippen LogP contribution in [-0.4, -0.2) is 36.6 Å². The van der Waals surface area contributed by atoms with Gasteiger partial charge in [-0.3, -0.25) is 4.72 Å². The number of rotatable bonds is 8. The third-order valence-corrected chi connectivity index (χ3v) is 4.99. The fraction of sp³-hybridized carbons (Fsp3) is 0.278. The van der Waals surface area contributed by atoms with Crippen molar-refractivity contribution in [2.24, 2.45) is 0 Å². The summed E-state index contributed by atoms with van der Waals surface area (Å²) in [5, 5.41) is 0. The van der Waals surface area contributed by atoms with Crippen LogP contribution in [0, 0.1) is 6.92 Å². The highest BCUT2D eigenvalue weighted by molar-refractivity contribution is 7.92. The number of hydrogen-bond donors (Lipinski definition) is 1. The van der Waals surface area contributed by atoms with Crippen LogP contribution in [0.4, 0.5) is 5.69 Å². The summed E-state index contributed by atoms with van der Waals surface area (Å²) in [4.78, 5) is 12.4. The normalized spacial score (nSPS) is 11.2. The van der Waals surface area contributed by atoms with E-state index in [-0.39, 0.29) is 22.5 Å². The van der Waals surface area contributed by atoms with Crippen LogP contribution >= 0.6 is 0 Å². The minimum atomic E-state index is -3.87. The van der Waals surface area contributed by atoms with Gasteiger partial charge in [-0.25, -0.2) is 18.4 Å². The maximum atomic E-state index is 12.7. The fourth-order valence-corrected chi connectivity index (χ4v) is 3.41. The molecular formula is C18H20N4O5S. The summed E-state index contributed by atoms with van der Waals surface area (Å²) in [7, 11) is -3.87. The third kappa shape index (κ3) is 4.39. The molecule has 0 atom stereocenters. The Kier molecular flexibility index (Phi) is 5.78. The summed E-state index contributed by atoms with van der Waals surface area (Å²) < 4.78 is 43.7. The first-order chi connectivity index (χ1) is 13.4. The van der Waals surface area contributed by atoms with Gasteiger partial charge in [0.05, 0.1) is 24.3 Å². The number of benzene rings is 1. The van der Waals surface area contributed by atoms with Gasteiger partial charge in [0.2, 0.25) is 5.88 Å². The Bertz CT molecular complexity index is 1050. The highest BCUT2D eigenvalue weighted by atomic mass is 32.2. The number of aromatic nitrogens is 3. The summed E-state index contributed by atoms with van der Waals surface area (Å²) >= 11 is 0. The molecule has 3 aromatic rings. The first-order valence-electron chi connectivity index (χ1n) is 8.61. The number of hydrogen-bond acceptors (Lipinski definition) is 8. The van der Waals surface area contributed by atoms with Crippen molar-refractivity contribution < 1.29 is 22.3 Å². The second-order valence-corrected chi connectivity index (χ2v) is 7.30. The largest absolute Gasteiger partial charge is 0.476 e. The zero-order valence-electron chi connectivity index (χ0n) is 15.7. The predicted octanol–water partition coefficient (Wildman–Crippen LogP) is 3.04. The van der Waals surface area contributed by atoms with Gasteiger partial charge in [0.1, 0.15) is 17.6 Å². The van der Waals surface area contributed by atoms with Gasteiger partial charge in [0.25, 0.3) is 10.0 Å². The van der Waals surface area contributed by atoms with E-state index in [0.29, 0.717) is 24.8 Å². The summed E-state index contributed by atoms with van der Waals surface area (Å²) in [6.07, 6.45) is 2.83. The van der Waals surface area contributed by atoms with Crippen molar-refractivity contribution in [2.45, 2.75) is 25.7 Å². The van der Waals surface area contributed by atoms with E-state index in [1.165, 1.54) is 24.6 Å². The molecule has 3 rings (SSSR count). The van der Waals surface area contributed by atoms with Gasteiger partial charge in [-0.15, -0.1) is 0 Å². The SMILES string of the molecule is CCOc1ncc(NS(=O)(=O)c2ccc(-c3coc(C)n3)cc2)c(OCC)n1. The predicted molar refractivity (Wildman–Crippen MR) is 102 cm³/mol. The summed E-state index contributed by atoms with van der Waals surface area (Å²) in [5.41, 5.74) is 1.50. The molecule has 9 nitrogen and oxygen atoms in total. The molecule has 0 spiro atoms. The Labute approximate surface area is 162 Å². The van der Waals surface area contributed by atoms with Crippen LogP contribution in [-0.2, 0) is 10.0 Å². The number of aryl methyl sites for hydroxylation is 1. The first-order valence-corrected chi connectivity index (χ1v) is 10.1. The molecule has 2 heterocycles. The molecule has 0 aliphatic carbocycles. The Morgan fingerprint density at radius 3 is 2.39 bits per heavy atom. The molecule has 10 heteroatoms. The van der Waals surface area contributed by atoms with E-state index >= 15 is 0 Å². The van der Waals surface area contributed by atoms with Crippen LogP contribution in [0.5, 0.6) is 11.9 Å². The van der Waals surface area contributed by atoms with Gasteiger partial charge >= 0.3 is 6.01 Å². The van der Waals surface area contributed by atoms with Crippen LogP contribution in [0.25, 0.3) is 11.3 Å². The van der Waals surface area contributed by atoms with Gasteiger partial charge in [-0.05, 0) is 26.0 Å². The van der Waals surface area contributed by atoms with E-state index in [0.717, 1.165) is 5.56 Å². The molecule has 0 bridgehead atoms. The van der Waals surface area contributed by atoms with E-state index in [9.17, 15) is 8.42 Å². The Morgan fingerprint density at radius 1 is 1.07 bits per heavy atom. The maximum Gasteiger partial charge on any atom is 0.319 e. The number of anilines is 1. The lowest BCUT2D eigenvalue weighted by Gasteiger charge is -2.12. The van der Waals surface area contributed by atoms with Gasteiger partial charge in [-0.1, -0.05) is 12.1 Å². The van der Waals surface area contributed by atoms with Gasteiger partial charge in [0.15, 0.2) is 5.89 Å². The molecule has 2 aromatic heterocycles. The summed E-state index contributed by atoms with van der Waals surface area (Å²) in [6, 6.07) is 6.39. The molecule has 0 fully saturated rings. The minimum absolute atomic E-state index is 0.0767. The molecule has 148 valence electrons. The number of nitrogens with one attached hydrogen (secondary N) is 1. The molecular weight excluding hydrogens is 384 g/mol. The molecule has 0 aliphatic rings. The monoisotopic (exact) mass is 404 g/mol. The van der Waals surface area contributed by atoms with Crippen molar-refractivity contribution in [2.75, 3.05) is 17.9 Å². The number of sulfonamides is 1. The second kappa shape index (κ2) is 8.26. The lowest BCUT2D eigenvalue weighted by molar-refractivity contribution is 0.290. The van der Waals surface area contributed by atoms with Crippen LogP contribution in [0.3, 0.4) is 0 Å². The number of oxazole rings is 1. The highest BCUT2D eigenvalue weighted by Crippen LogP contribution is 2.27. The summed E-state index contributed by atoms with van der Waals surface area (Å²) in [5.74, 6) is 0.631. The van der Waals surface area contributed by atoms with E-state index in [2.05, 4.69) is 19.7 Å². The molecule has 28 heavy (non-hydrogen) atoms. The molecule has 0 aliphatic heterocycles. The van der Waals surface area contributed by atoms with E-state index in [4.69, 9.17) is 13.9 Å². The summed E-state index contributed by atoms with van der Waals surface area (Å²) in [6.45, 7) is 5.99. The van der Waals surface area contributed by atoms with E-state index < -0.39 is 10.0 Å². The van der Waals surface area contributed by atoms with Crippen molar-refractivity contribution in [3.63, 3.8) is 0 Å². The standard InChI is InChI=1S/C18H20N4O5S/c1-4-25-17-15(10-19-18(21-17)26-5-2)22-28(23,24)14-8-6-13(7-9-14)16-11-27-12(3)20-16/h6-11,22H,4-5H2,1-3H3. The number of ether oxygens (including phenoxy) is 2. The topological polar surface area (TPSA) is 116 Å². The van der Waals surface area contributed by atoms with Gasteiger partial charge < -0.3 is 13.9 Å². The highest BCUT2D eigenvalue weighted by Gasteiger charge is 2.19. The van der Waals surface area contributed by atoms with Gasteiger partial charge in [-0.2, -0.15) is 4.98 Å². The molecule has 0 saturated heterocycles. The molecule has 0 unspecified atom stereocenters. The van der Waals surface area contributed by atoms with E-state index in [1.807, 2.05) is 0 Å². The molecule has 1 aromatic carbocycles. The number of nitrogens with zero attached hydrogens (tertiary/aromatic N) is 3. The lowest BCUT2D eigenvalue weighted by atomic mass is 10.2. The first kappa shape index (κ1) is 19.6. The molecule has 1 N–H and O–H groups in total. The Balaban J connectivity index is 1.85. The smallest absolute Gasteiger partial charge is 0.319 e. The zero-order valence-corrected chi connectivity index (χ0v) is 16.5. The average Bonchev–Trinajstić information content (AvgIpc) is 3.11. The Morgan fingerprint density at radius 2 is 1.79 bits per heavy atom. The maximum absolute atomic E-state index is 12.7. The van der Waals surface area contributed by atoms with Crippen LogP contribution in [0.1, 0.15) is 19.7 Å². The third-order valence-electron chi connectivity index (χ3n) is 3.61. The van der Waals surface area contributed by atoms with Crippen molar-refractivity contribution in [3.05, 3.63) is 42.6 Å². The zero-order chi connectivity index (χ0) is 20.1. The van der Waals surface area contributed by atoms with Crippen molar-refractivity contribution in [3.8, 4) is 23.1 Å². The van der Waals surface area contributed by atoms with Crippen molar-refractivity contribution in [1.82, 2.24) is 15.0 Å². The molecule has 0 radical (unpaired) electrons. The van der Waals surface area contributed by atoms with Crippen LogP contribution in [0.15, 0.2) is 46.0 Å². The average molecular weight is 404 g/mol. The van der Waals surface area contributed by atoms with E-state index in [1.54, 1.807) is 32.9 Å². The van der Waals surface area contributed by atoms with Crippen molar-refractivity contribution in [1.29, 1.82) is 0 Å². The van der Waals surface area contributed by atoms with Gasteiger partial charge in [0, 0.05) is 12.5 Å². The second-order valence-electron chi connectivity index (χ2n) is 5.62. The quantitative estimate of drug-likeness (QED) is 0.609. The van der Waals surface area contributed by atoms with Crippen molar-refractivity contribution >= 4 is 15.7 Å². The fourth-order valence-electron chi connectivity index (χ4n) is 2.37. The molecule has 0 amide bonds. The Hall–Kier alpha value is -3.14. The lowest BCUT2D eigenvalue weighted by Crippen LogP contribution is -2.15.